The van der Waals surface area contributed by atoms with Crippen LogP contribution < -0.4 is 0 Å². The van der Waals surface area contributed by atoms with Gasteiger partial charge in [-0.3, -0.25) is 9.59 Å². The zero-order valence-electron chi connectivity index (χ0n) is 14.1. The maximum Gasteiger partial charge on any atom is 0.242 e. The van der Waals surface area contributed by atoms with Crippen molar-refractivity contribution in [2.24, 2.45) is 0 Å². The van der Waals surface area contributed by atoms with E-state index in [1.165, 1.54) is 25.7 Å². The molecule has 4 heteroatoms. The van der Waals surface area contributed by atoms with E-state index < -0.39 is 0 Å². The Labute approximate surface area is 129 Å². The fraction of sp³-hybridized carbons (Fsp3) is 0.882. The highest BCUT2D eigenvalue weighted by Crippen LogP contribution is 2.22. The Morgan fingerprint density at radius 1 is 0.952 bits per heavy atom. The van der Waals surface area contributed by atoms with Crippen molar-refractivity contribution < 1.29 is 9.59 Å². The molecule has 1 aliphatic carbocycles. The quantitative estimate of drug-likeness (QED) is 0.677. The number of carbonyl (C=O) groups is 2. The predicted octanol–water partition coefficient (Wildman–Crippen LogP) is 3.21. The summed E-state index contributed by atoms with van der Waals surface area (Å²) in [5.41, 5.74) is 0. The summed E-state index contributed by atoms with van der Waals surface area (Å²) in [6.45, 7) is 7.63. The van der Waals surface area contributed by atoms with Crippen molar-refractivity contribution in [1.82, 2.24) is 9.80 Å². The second-order valence-corrected chi connectivity index (χ2v) is 6.17. The van der Waals surface area contributed by atoms with Crippen LogP contribution >= 0.6 is 0 Å². The maximum absolute atomic E-state index is 12.5. The highest BCUT2D eigenvalue weighted by atomic mass is 16.2. The van der Waals surface area contributed by atoms with Crippen LogP contribution in [0, 0.1) is 0 Å². The van der Waals surface area contributed by atoms with Crippen LogP contribution in [0.3, 0.4) is 0 Å². The normalized spacial score (nSPS) is 16.3. The van der Waals surface area contributed by atoms with Gasteiger partial charge < -0.3 is 9.80 Å². The number of hydrogen-bond donors (Lipinski definition) is 0. The van der Waals surface area contributed by atoms with E-state index in [0.29, 0.717) is 0 Å². The number of carbonyl (C=O) groups excluding carboxylic acids is 2. The first-order valence-electron chi connectivity index (χ1n) is 8.65. The molecule has 1 rings (SSSR count). The molecule has 0 unspecified atom stereocenters. The molecule has 0 N–H and O–H groups in total. The van der Waals surface area contributed by atoms with Gasteiger partial charge in [0.05, 0.1) is 6.54 Å². The third-order valence-corrected chi connectivity index (χ3v) is 4.32. The summed E-state index contributed by atoms with van der Waals surface area (Å²) in [7, 11) is 0. The molecule has 0 spiro atoms. The minimum Gasteiger partial charge on any atom is -0.341 e. The lowest BCUT2D eigenvalue weighted by atomic mass is 10.1. The van der Waals surface area contributed by atoms with Crippen LogP contribution in [0.25, 0.3) is 0 Å². The molecule has 21 heavy (non-hydrogen) atoms. The zero-order chi connectivity index (χ0) is 15.7. The molecular weight excluding hydrogens is 264 g/mol. The zero-order valence-corrected chi connectivity index (χ0v) is 14.1. The minimum atomic E-state index is 0.0446. The number of nitrogens with zero attached hydrogens (tertiary/aromatic N) is 2. The van der Waals surface area contributed by atoms with E-state index >= 15 is 0 Å². The molecule has 0 saturated heterocycles. The molecule has 0 heterocycles. The van der Waals surface area contributed by atoms with Crippen LogP contribution in [0.15, 0.2) is 0 Å². The van der Waals surface area contributed by atoms with Gasteiger partial charge in [0.2, 0.25) is 11.8 Å². The molecule has 1 aliphatic rings. The number of hydrogen-bond acceptors (Lipinski definition) is 2. The fourth-order valence-corrected chi connectivity index (χ4v) is 3.21. The largest absolute Gasteiger partial charge is 0.341 e. The Morgan fingerprint density at radius 2 is 1.48 bits per heavy atom. The van der Waals surface area contributed by atoms with Gasteiger partial charge in [0.25, 0.3) is 0 Å². The molecule has 0 radical (unpaired) electrons. The van der Waals surface area contributed by atoms with Crippen molar-refractivity contribution in [2.75, 3.05) is 19.6 Å². The van der Waals surface area contributed by atoms with Crippen molar-refractivity contribution in [3.63, 3.8) is 0 Å². The summed E-state index contributed by atoms with van der Waals surface area (Å²) >= 11 is 0. The molecular formula is C17H32N2O2. The maximum atomic E-state index is 12.5. The van der Waals surface area contributed by atoms with Gasteiger partial charge in [-0.2, -0.15) is 0 Å². The Morgan fingerprint density at radius 3 is 1.90 bits per heavy atom. The third kappa shape index (κ3) is 6.06. The van der Waals surface area contributed by atoms with Crippen molar-refractivity contribution in [2.45, 2.75) is 78.2 Å². The molecule has 0 aromatic carbocycles. The Balaban J connectivity index is 2.67. The SMILES string of the molecule is CCCN(CCC)C(=O)CN(C(C)=O)C1CCCCCC1. The van der Waals surface area contributed by atoms with Gasteiger partial charge in [-0.25, -0.2) is 0 Å². The fourth-order valence-electron chi connectivity index (χ4n) is 3.21. The van der Waals surface area contributed by atoms with E-state index in [1.807, 2.05) is 9.80 Å². The van der Waals surface area contributed by atoms with Crippen LogP contribution in [0.4, 0.5) is 0 Å². The molecule has 0 bridgehead atoms. The minimum absolute atomic E-state index is 0.0446. The van der Waals surface area contributed by atoms with Crippen LogP contribution in [-0.2, 0) is 9.59 Å². The molecule has 0 atom stereocenters. The lowest BCUT2D eigenvalue weighted by Gasteiger charge is -2.32. The van der Waals surface area contributed by atoms with Crippen molar-refractivity contribution in [3.05, 3.63) is 0 Å². The number of rotatable bonds is 7. The molecule has 0 aromatic heterocycles. The second kappa shape index (κ2) is 9.80. The summed E-state index contributed by atoms with van der Waals surface area (Å²) in [4.78, 5) is 28.2. The Bertz CT molecular complexity index is 317. The average Bonchev–Trinajstić information content (AvgIpc) is 2.72. The van der Waals surface area contributed by atoms with Crippen molar-refractivity contribution in [1.29, 1.82) is 0 Å². The van der Waals surface area contributed by atoms with Crippen LogP contribution in [0.1, 0.15) is 72.1 Å². The van der Waals surface area contributed by atoms with Gasteiger partial charge in [-0.05, 0) is 25.7 Å². The summed E-state index contributed by atoms with van der Waals surface area (Å²) < 4.78 is 0. The van der Waals surface area contributed by atoms with Crippen LogP contribution in [0.2, 0.25) is 0 Å². The Hall–Kier alpha value is -1.06. The standard InChI is InChI=1S/C17H32N2O2/c1-4-12-18(13-5-2)17(21)14-19(15(3)20)16-10-8-6-7-9-11-16/h16H,4-14H2,1-3H3. The Kier molecular flexibility index (Phi) is 8.40. The summed E-state index contributed by atoms with van der Waals surface area (Å²) in [5, 5.41) is 0. The smallest absolute Gasteiger partial charge is 0.242 e. The van der Waals surface area contributed by atoms with E-state index in [4.69, 9.17) is 0 Å². The lowest BCUT2D eigenvalue weighted by Crippen LogP contribution is -2.47. The van der Waals surface area contributed by atoms with Gasteiger partial charge in [-0.15, -0.1) is 0 Å². The van der Waals surface area contributed by atoms with E-state index in [0.717, 1.165) is 38.8 Å². The van der Waals surface area contributed by atoms with E-state index in [1.54, 1.807) is 6.92 Å². The van der Waals surface area contributed by atoms with Gasteiger partial charge in [0, 0.05) is 26.1 Å². The van der Waals surface area contributed by atoms with E-state index in [-0.39, 0.29) is 24.4 Å². The summed E-state index contributed by atoms with van der Waals surface area (Å²) in [6.07, 6.45) is 8.90. The first kappa shape index (κ1) is 18.0. The van der Waals surface area contributed by atoms with Gasteiger partial charge in [0.1, 0.15) is 0 Å². The molecule has 0 aliphatic heterocycles. The van der Waals surface area contributed by atoms with Gasteiger partial charge >= 0.3 is 0 Å². The van der Waals surface area contributed by atoms with E-state index in [9.17, 15) is 9.59 Å². The van der Waals surface area contributed by atoms with Crippen LogP contribution in [0.5, 0.6) is 0 Å². The molecule has 1 fully saturated rings. The summed E-state index contributed by atoms with van der Waals surface area (Å²) in [5.74, 6) is 0.154. The van der Waals surface area contributed by atoms with Crippen molar-refractivity contribution >= 4 is 11.8 Å². The number of amides is 2. The third-order valence-electron chi connectivity index (χ3n) is 4.32. The first-order chi connectivity index (χ1) is 10.1. The highest BCUT2D eigenvalue weighted by molar-refractivity contribution is 5.84. The average molecular weight is 296 g/mol. The molecule has 2 amide bonds. The lowest BCUT2D eigenvalue weighted by molar-refractivity contribution is -0.141. The molecule has 0 aromatic rings. The van der Waals surface area contributed by atoms with Crippen molar-refractivity contribution in [3.8, 4) is 0 Å². The van der Waals surface area contributed by atoms with Crippen LogP contribution in [-0.4, -0.2) is 47.3 Å². The summed E-state index contributed by atoms with van der Waals surface area (Å²) in [6, 6.07) is 0.263. The highest BCUT2D eigenvalue weighted by Gasteiger charge is 2.25. The molecule has 1 saturated carbocycles. The topological polar surface area (TPSA) is 40.6 Å². The van der Waals surface area contributed by atoms with Gasteiger partial charge in [-0.1, -0.05) is 39.5 Å². The second-order valence-electron chi connectivity index (χ2n) is 6.17. The predicted molar refractivity (Wildman–Crippen MR) is 86.0 cm³/mol. The molecule has 122 valence electrons. The van der Waals surface area contributed by atoms with Gasteiger partial charge in [0.15, 0.2) is 0 Å². The first-order valence-corrected chi connectivity index (χ1v) is 8.65. The van der Waals surface area contributed by atoms with E-state index in [2.05, 4.69) is 13.8 Å². The monoisotopic (exact) mass is 296 g/mol. The molecule has 4 nitrogen and oxygen atoms in total.